The van der Waals surface area contributed by atoms with Crippen LogP contribution in [0.1, 0.15) is 58.3 Å². The van der Waals surface area contributed by atoms with Crippen molar-refractivity contribution in [2.45, 2.75) is 58.3 Å². The molecule has 2 N–H and O–H groups in total. The van der Waals surface area contributed by atoms with Gasteiger partial charge in [-0.15, -0.1) is 0 Å². The van der Waals surface area contributed by atoms with E-state index in [-0.39, 0.29) is 24.4 Å². The molecule has 0 amide bonds. The van der Waals surface area contributed by atoms with Gasteiger partial charge in [0.1, 0.15) is 0 Å². The van der Waals surface area contributed by atoms with Gasteiger partial charge in [0.15, 0.2) is 0 Å². The number of nitrogens with zero attached hydrogens (tertiary/aromatic N) is 1. The van der Waals surface area contributed by atoms with Crippen LogP contribution in [0, 0.1) is 0 Å². The van der Waals surface area contributed by atoms with E-state index in [1.807, 2.05) is 51.9 Å². The van der Waals surface area contributed by atoms with Crippen LogP contribution < -0.4 is 5.73 Å². The minimum atomic E-state index is -0.346. The monoisotopic (exact) mass is 288 g/mol. The highest BCUT2D eigenvalue weighted by molar-refractivity contribution is 6.52. The van der Waals surface area contributed by atoms with Crippen LogP contribution in [0.25, 0.3) is 6.08 Å². The normalized spacial score (nSPS) is 21.9. The van der Waals surface area contributed by atoms with Crippen LogP contribution >= 0.6 is 0 Å². The summed E-state index contributed by atoms with van der Waals surface area (Å²) in [5, 5.41) is 0. The summed E-state index contributed by atoms with van der Waals surface area (Å²) in [6.07, 6.45) is 4.62. The predicted octanol–water partition coefficient (Wildman–Crippen LogP) is 3.14. The molecule has 1 aromatic rings. The zero-order valence-corrected chi connectivity index (χ0v) is 13.6. The highest BCUT2D eigenvalue weighted by Gasteiger charge is 2.50. The molecule has 0 spiro atoms. The molecule has 114 valence electrons. The SMILES string of the molecule is CC[C@@H](N)c1ncccc1/C=C/B1OC(C)(C)C(C)(C)O1. The van der Waals surface area contributed by atoms with E-state index >= 15 is 0 Å². The largest absolute Gasteiger partial charge is 0.487 e. The molecule has 21 heavy (non-hydrogen) atoms. The van der Waals surface area contributed by atoms with Gasteiger partial charge in [0.25, 0.3) is 0 Å². The summed E-state index contributed by atoms with van der Waals surface area (Å²) in [5.41, 5.74) is 7.39. The standard InChI is InChI=1S/C16H25BN2O2/c1-6-13(18)14-12(8-7-11-19-14)9-10-17-20-15(2,3)16(4,5)21-17/h7-11,13H,6,18H2,1-5H3/b10-9+/t13-/m1/s1. The van der Waals surface area contributed by atoms with Gasteiger partial charge in [-0.2, -0.15) is 0 Å². The summed E-state index contributed by atoms with van der Waals surface area (Å²) in [6, 6.07) is 3.87. The molecule has 1 fully saturated rings. The van der Waals surface area contributed by atoms with E-state index < -0.39 is 0 Å². The molecule has 0 bridgehead atoms. The van der Waals surface area contributed by atoms with Crippen molar-refractivity contribution in [1.29, 1.82) is 0 Å². The first-order valence-corrected chi connectivity index (χ1v) is 7.51. The molecule has 0 radical (unpaired) electrons. The van der Waals surface area contributed by atoms with Crippen molar-refractivity contribution in [2.75, 3.05) is 0 Å². The van der Waals surface area contributed by atoms with Gasteiger partial charge in [0.05, 0.1) is 16.9 Å². The van der Waals surface area contributed by atoms with Gasteiger partial charge >= 0.3 is 7.12 Å². The first-order chi connectivity index (χ1) is 9.77. The third kappa shape index (κ3) is 3.36. The number of rotatable bonds is 4. The molecule has 1 aliphatic rings. The second-order valence-corrected chi connectivity index (χ2v) is 6.48. The van der Waals surface area contributed by atoms with Crippen molar-refractivity contribution in [1.82, 2.24) is 4.98 Å². The zero-order chi connectivity index (χ0) is 15.7. The first kappa shape index (κ1) is 16.2. The van der Waals surface area contributed by atoms with Crippen LogP contribution in [0.4, 0.5) is 0 Å². The van der Waals surface area contributed by atoms with E-state index in [9.17, 15) is 0 Å². The third-order valence-electron chi connectivity index (χ3n) is 4.37. The quantitative estimate of drug-likeness (QED) is 0.865. The number of hydrogen-bond donors (Lipinski definition) is 1. The van der Waals surface area contributed by atoms with Crippen LogP contribution in [0.2, 0.25) is 0 Å². The predicted molar refractivity (Wildman–Crippen MR) is 86.6 cm³/mol. The maximum absolute atomic E-state index is 6.11. The fourth-order valence-electron chi connectivity index (χ4n) is 2.22. The molecule has 0 aromatic carbocycles. The summed E-state index contributed by atoms with van der Waals surface area (Å²) >= 11 is 0. The minimum Gasteiger partial charge on any atom is -0.400 e. The fourth-order valence-corrected chi connectivity index (χ4v) is 2.22. The molecule has 1 aliphatic heterocycles. The van der Waals surface area contributed by atoms with Crippen molar-refractivity contribution >= 4 is 13.2 Å². The number of nitrogens with two attached hydrogens (primary N) is 1. The van der Waals surface area contributed by atoms with Gasteiger partial charge in [-0.25, -0.2) is 0 Å². The lowest BCUT2D eigenvalue weighted by atomic mass is 9.88. The summed E-state index contributed by atoms with van der Waals surface area (Å²) in [4.78, 5) is 4.39. The van der Waals surface area contributed by atoms with E-state index in [0.29, 0.717) is 0 Å². The van der Waals surface area contributed by atoms with Crippen LogP contribution in [-0.2, 0) is 9.31 Å². The lowest BCUT2D eigenvalue weighted by Gasteiger charge is -2.32. The number of hydrogen-bond acceptors (Lipinski definition) is 4. The summed E-state index contributed by atoms with van der Waals surface area (Å²) in [6.45, 7) is 10.2. The molecule has 0 saturated carbocycles. The van der Waals surface area contributed by atoms with Crippen molar-refractivity contribution in [3.05, 3.63) is 35.6 Å². The molecule has 0 aliphatic carbocycles. The Bertz CT molecular complexity index is 513. The third-order valence-corrected chi connectivity index (χ3v) is 4.37. The van der Waals surface area contributed by atoms with Crippen molar-refractivity contribution in [2.24, 2.45) is 5.73 Å². The molecule has 2 rings (SSSR count). The average molecular weight is 288 g/mol. The Labute approximate surface area is 127 Å². The number of aromatic nitrogens is 1. The van der Waals surface area contributed by atoms with E-state index in [4.69, 9.17) is 15.0 Å². The Kier molecular flexibility index (Phi) is 4.56. The van der Waals surface area contributed by atoms with Gasteiger partial charge in [0, 0.05) is 12.2 Å². The van der Waals surface area contributed by atoms with Crippen LogP contribution in [0.15, 0.2) is 24.3 Å². The zero-order valence-electron chi connectivity index (χ0n) is 13.6. The molecular formula is C16H25BN2O2. The first-order valence-electron chi connectivity index (χ1n) is 7.51. The van der Waals surface area contributed by atoms with Crippen molar-refractivity contribution < 1.29 is 9.31 Å². The Hall–Kier alpha value is -1.17. The van der Waals surface area contributed by atoms with Gasteiger partial charge in [0.2, 0.25) is 0 Å². The topological polar surface area (TPSA) is 57.4 Å². The van der Waals surface area contributed by atoms with Crippen LogP contribution in [0.3, 0.4) is 0 Å². The van der Waals surface area contributed by atoms with Crippen molar-refractivity contribution in [3.63, 3.8) is 0 Å². The highest BCUT2D eigenvalue weighted by atomic mass is 16.7. The van der Waals surface area contributed by atoms with E-state index in [0.717, 1.165) is 17.7 Å². The summed E-state index contributed by atoms with van der Waals surface area (Å²) < 4.78 is 11.9. The van der Waals surface area contributed by atoms with E-state index in [1.165, 1.54) is 0 Å². The molecule has 4 nitrogen and oxygen atoms in total. The second-order valence-electron chi connectivity index (χ2n) is 6.48. The van der Waals surface area contributed by atoms with Crippen molar-refractivity contribution in [3.8, 4) is 0 Å². The molecule has 0 unspecified atom stereocenters. The Morgan fingerprint density at radius 1 is 1.29 bits per heavy atom. The minimum absolute atomic E-state index is 0.0517. The van der Waals surface area contributed by atoms with E-state index in [1.54, 1.807) is 6.20 Å². The Morgan fingerprint density at radius 3 is 2.48 bits per heavy atom. The van der Waals surface area contributed by atoms with Gasteiger partial charge in [-0.05, 0) is 45.7 Å². The van der Waals surface area contributed by atoms with E-state index in [2.05, 4.69) is 11.9 Å². The second kappa shape index (κ2) is 5.91. The lowest BCUT2D eigenvalue weighted by molar-refractivity contribution is 0.00578. The Morgan fingerprint density at radius 2 is 1.90 bits per heavy atom. The average Bonchev–Trinajstić information content (AvgIpc) is 2.64. The highest BCUT2D eigenvalue weighted by Crippen LogP contribution is 2.37. The molecule has 1 aromatic heterocycles. The van der Waals surface area contributed by atoms with Gasteiger partial charge in [-0.1, -0.05) is 25.0 Å². The van der Waals surface area contributed by atoms with Crippen LogP contribution in [0.5, 0.6) is 0 Å². The lowest BCUT2D eigenvalue weighted by Crippen LogP contribution is -2.41. The van der Waals surface area contributed by atoms with Gasteiger partial charge in [-0.3, -0.25) is 4.98 Å². The smallest absolute Gasteiger partial charge is 0.400 e. The number of pyridine rings is 1. The Balaban J connectivity index is 2.17. The molecule has 5 heteroatoms. The van der Waals surface area contributed by atoms with Crippen LogP contribution in [-0.4, -0.2) is 23.3 Å². The molecule has 2 heterocycles. The maximum atomic E-state index is 6.11. The maximum Gasteiger partial charge on any atom is 0.487 e. The molecule has 1 atom stereocenters. The van der Waals surface area contributed by atoms with Gasteiger partial charge < -0.3 is 15.0 Å². The molecular weight excluding hydrogens is 263 g/mol. The summed E-state index contributed by atoms with van der Waals surface area (Å²) in [5.74, 6) is 1.93. The summed E-state index contributed by atoms with van der Waals surface area (Å²) in [7, 11) is -0.346. The fraction of sp³-hybridized carbons (Fsp3) is 0.562. The molecule has 1 saturated heterocycles.